The second kappa shape index (κ2) is 19.9. The summed E-state index contributed by atoms with van der Waals surface area (Å²) in [6.45, 7) is 9.20. The van der Waals surface area contributed by atoms with Crippen LogP contribution in [0.5, 0.6) is 0 Å². The lowest BCUT2D eigenvalue weighted by molar-refractivity contribution is -0.181. The molecule has 1 amide bonds. The molecule has 4 fully saturated rings. The van der Waals surface area contributed by atoms with Gasteiger partial charge >= 0.3 is 5.97 Å². The second-order valence-electron chi connectivity index (χ2n) is 18.0. The van der Waals surface area contributed by atoms with Crippen LogP contribution in [0.3, 0.4) is 0 Å². The van der Waals surface area contributed by atoms with Crippen LogP contribution in [0.25, 0.3) is 0 Å². The highest BCUT2D eigenvalue weighted by molar-refractivity contribution is 7.85. The molecule has 0 radical (unpaired) electrons. The Hall–Kier alpha value is -1.19. The van der Waals surface area contributed by atoms with Crippen molar-refractivity contribution in [2.75, 3.05) is 12.3 Å². The fourth-order valence-electron chi connectivity index (χ4n) is 11.8. The number of carbonyl (C=O) groups excluding carboxylic acids is 2. The zero-order valence-corrected chi connectivity index (χ0v) is 33.7. The van der Waals surface area contributed by atoms with Crippen molar-refractivity contribution in [3.63, 3.8) is 0 Å². The van der Waals surface area contributed by atoms with Crippen molar-refractivity contribution in [1.29, 1.82) is 0 Å². The molecule has 4 rings (SSSR count). The van der Waals surface area contributed by atoms with Crippen LogP contribution in [0, 0.1) is 46.3 Å². The van der Waals surface area contributed by atoms with Crippen molar-refractivity contribution in [3.05, 3.63) is 0 Å². The summed E-state index contributed by atoms with van der Waals surface area (Å²) in [6.07, 6.45) is 26.5. The van der Waals surface area contributed by atoms with Gasteiger partial charge in [0.2, 0.25) is 5.91 Å². The highest BCUT2D eigenvalue weighted by atomic mass is 32.2. The van der Waals surface area contributed by atoms with Crippen LogP contribution in [0.1, 0.15) is 182 Å². The van der Waals surface area contributed by atoms with Crippen LogP contribution >= 0.6 is 0 Å². The van der Waals surface area contributed by atoms with Crippen LogP contribution < -0.4 is 5.32 Å². The number of ether oxygens (including phenoxy) is 1. The Morgan fingerprint density at radius 3 is 2.08 bits per heavy atom. The first-order valence-corrected chi connectivity index (χ1v) is 23.0. The average Bonchev–Trinajstić information content (AvgIpc) is 3.44. The van der Waals surface area contributed by atoms with E-state index in [1.807, 2.05) is 0 Å². The molecule has 0 aromatic rings. The maximum Gasteiger partial charge on any atom is 0.306 e. The van der Waals surface area contributed by atoms with Gasteiger partial charge in [-0.1, -0.05) is 105 Å². The topological polar surface area (TPSA) is 130 Å². The van der Waals surface area contributed by atoms with E-state index in [9.17, 15) is 23.1 Å². The van der Waals surface area contributed by atoms with E-state index in [0.29, 0.717) is 48.9 Å². The number of hydrogen-bond donors (Lipinski definition) is 3. The van der Waals surface area contributed by atoms with Gasteiger partial charge in [-0.25, -0.2) is 0 Å². The van der Waals surface area contributed by atoms with Crippen molar-refractivity contribution >= 4 is 22.0 Å². The standard InChI is InChI=1S/C42H75NO7S/c1-5-6-7-8-9-10-11-12-13-14-15-16-17-18-40(46)50-33-25-26-41(3)32(29-33)20-21-34-36-23-22-35(42(36,4)38(44)30-37(34)41)31(2)19-24-39(45)43-27-28-51(47,48)49/h31-38,44H,5-30H2,1-4H3,(H,43,45)(H,47,48,49). The fraction of sp³-hybridized carbons (Fsp3) is 0.952. The van der Waals surface area contributed by atoms with Crippen LogP contribution in [0.15, 0.2) is 0 Å². The molecule has 8 nitrogen and oxygen atoms in total. The molecule has 10 unspecified atom stereocenters. The number of aliphatic hydroxyl groups excluding tert-OH is 1. The third-order valence-electron chi connectivity index (χ3n) is 14.8. The molecule has 0 saturated heterocycles. The van der Waals surface area contributed by atoms with Gasteiger partial charge in [-0.2, -0.15) is 8.42 Å². The highest BCUT2D eigenvalue weighted by Gasteiger charge is 2.63. The first-order valence-electron chi connectivity index (χ1n) is 21.4. The van der Waals surface area contributed by atoms with E-state index in [1.54, 1.807) is 0 Å². The number of hydrogen-bond acceptors (Lipinski definition) is 6. The SMILES string of the molecule is CCCCCCCCCCCCCCCC(=O)OC1CCC2(C)C(CCC3C2CC(O)C2(C)C(C(C)CCC(=O)NCCS(=O)(=O)O)CCC32)C1. The van der Waals surface area contributed by atoms with Crippen LogP contribution in [-0.2, 0) is 24.4 Å². The summed E-state index contributed by atoms with van der Waals surface area (Å²) in [5.74, 6) is 2.06. The maximum atomic E-state index is 12.8. The van der Waals surface area contributed by atoms with Gasteiger partial charge in [0.25, 0.3) is 10.1 Å². The van der Waals surface area contributed by atoms with Crippen molar-refractivity contribution in [1.82, 2.24) is 5.32 Å². The quantitative estimate of drug-likeness (QED) is 0.0573. The first-order chi connectivity index (χ1) is 24.3. The van der Waals surface area contributed by atoms with E-state index < -0.39 is 15.9 Å². The predicted octanol–water partition coefficient (Wildman–Crippen LogP) is 9.43. The minimum Gasteiger partial charge on any atom is -0.462 e. The molecule has 51 heavy (non-hydrogen) atoms. The number of nitrogens with one attached hydrogen (secondary N) is 1. The van der Waals surface area contributed by atoms with Gasteiger partial charge in [0.05, 0.1) is 11.9 Å². The minimum atomic E-state index is -4.09. The number of carbonyl (C=O) groups is 2. The molecule has 0 aromatic carbocycles. The number of esters is 1. The van der Waals surface area contributed by atoms with Crippen molar-refractivity contribution in [3.8, 4) is 0 Å². The van der Waals surface area contributed by atoms with Gasteiger partial charge < -0.3 is 15.2 Å². The van der Waals surface area contributed by atoms with Crippen molar-refractivity contribution in [2.24, 2.45) is 46.3 Å². The van der Waals surface area contributed by atoms with Gasteiger partial charge in [-0.05, 0) is 111 Å². The van der Waals surface area contributed by atoms with Gasteiger partial charge in [-0.15, -0.1) is 0 Å². The van der Waals surface area contributed by atoms with Gasteiger partial charge in [-0.3, -0.25) is 14.1 Å². The molecule has 296 valence electrons. The molecule has 4 saturated carbocycles. The van der Waals surface area contributed by atoms with E-state index in [4.69, 9.17) is 9.29 Å². The minimum absolute atomic E-state index is 0.00841. The number of unbranched alkanes of at least 4 members (excludes halogenated alkanes) is 12. The first kappa shape index (κ1) is 42.6. The van der Waals surface area contributed by atoms with E-state index in [-0.39, 0.29) is 47.4 Å². The zero-order valence-electron chi connectivity index (χ0n) is 32.8. The summed E-state index contributed by atoms with van der Waals surface area (Å²) in [5.41, 5.74) is 0.0124. The van der Waals surface area contributed by atoms with Crippen LogP contribution in [0.4, 0.5) is 0 Å². The number of fused-ring (bicyclic) bond motifs is 5. The summed E-state index contributed by atoms with van der Waals surface area (Å²) in [7, 11) is -4.09. The van der Waals surface area contributed by atoms with E-state index in [1.165, 1.54) is 83.5 Å². The largest absolute Gasteiger partial charge is 0.462 e. The van der Waals surface area contributed by atoms with Gasteiger partial charge in [0.1, 0.15) is 6.10 Å². The summed E-state index contributed by atoms with van der Waals surface area (Å²) in [4.78, 5) is 25.2. The third-order valence-corrected chi connectivity index (χ3v) is 15.5. The summed E-state index contributed by atoms with van der Waals surface area (Å²) < 4.78 is 37.0. The third kappa shape index (κ3) is 11.7. The molecule has 0 aliphatic heterocycles. The van der Waals surface area contributed by atoms with E-state index in [2.05, 4.69) is 33.0 Å². The lowest BCUT2D eigenvalue weighted by atomic mass is 9.43. The normalized spacial score (nSPS) is 33.9. The van der Waals surface area contributed by atoms with Gasteiger partial charge in [0.15, 0.2) is 0 Å². The molecule has 4 aliphatic rings. The molecule has 3 N–H and O–H groups in total. The van der Waals surface area contributed by atoms with E-state index >= 15 is 0 Å². The number of amides is 1. The van der Waals surface area contributed by atoms with Crippen molar-refractivity contribution < 1.29 is 32.4 Å². The zero-order chi connectivity index (χ0) is 37.1. The van der Waals surface area contributed by atoms with Gasteiger partial charge in [0, 0.05) is 19.4 Å². The molecule has 0 bridgehead atoms. The summed E-state index contributed by atoms with van der Waals surface area (Å²) in [5, 5.41) is 14.5. The van der Waals surface area contributed by atoms with Crippen molar-refractivity contribution in [2.45, 2.75) is 194 Å². The van der Waals surface area contributed by atoms with Crippen LogP contribution in [0.2, 0.25) is 0 Å². The molecular weight excluding hydrogens is 663 g/mol. The smallest absolute Gasteiger partial charge is 0.306 e. The monoisotopic (exact) mass is 738 g/mol. The molecule has 10 atom stereocenters. The highest BCUT2D eigenvalue weighted by Crippen LogP contribution is 2.68. The Morgan fingerprint density at radius 2 is 1.45 bits per heavy atom. The molecular formula is C42H75NO7S. The molecule has 4 aliphatic carbocycles. The lowest BCUT2D eigenvalue weighted by Gasteiger charge is -2.62. The average molecular weight is 738 g/mol. The number of rotatable bonds is 22. The lowest BCUT2D eigenvalue weighted by Crippen LogP contribution is -2.59. The summed E-state index contributed by atoms with van der Waals surface area (Å²) >= 11 is 0. The van der Waals surface area contributed by atoms with Crippen LogP contribution in [-0.4, -0.2) is 54.5 Å². The Balaban J connectivity index is 1.16. The van der Waals surface area contributed by atoms with E-state index in [0.717, 1.165) is 51.4 Å². The Bertz CT molecular complexity index is 1190. The molecule has 0 spiro atoms. The second-order valence-corrected chi connectivity index (χ2v) is 19.6. The Kier molecular flexibility index (Phi) is 16.6. The molecule has 9 heteroatoms. The molecule has 0 heterocycles. The Morgan fingerprint density at radius 1 is 0.824 bits per heavy atom. The summed E-state index contributed by atoms with van der Waals surface area (Å²) in [6, 6.07) is 0. The molecule has 0 aromatic heterocycles. The maximum absolute atomic E-state index is 12.8. The predicted molar refractivity (Wildman–Crippen MR) is 205 cm³/mol. The fourth-order valence-corrected chi connectivity index (χ4v) is 12.1. The number of aliphatic hydroxyl groups is 1. The Labute approximate surface area is 311 Å².